The van der Waals surface area contributed by atoms with Crippen LogP contribution in [0, 0.1) is 5.82 Å². The normalized spacial score (nSPS) is 17.3. The van der Waals surface area contributed by atoms with E-state index < -0.39 is 5.91 Å². The van der Waals surface area contributed by atoms with Gasteiger partial charge in [0.25, 0.3) is 5.91 Å². The van der Waals surface area contributed by atoms with Crippen molar-refractivity contribution < 1.29 is 13.9 Å². The second kappa shape index (κ2) is 7.18. The predicted octanol–water partition coefficient (Wildman–Crippen LogP) is 3.45. The lowest BCUT2D eigenvalue weighted by atomic mass is 10.1. The summed E-state index contributed by atoms with van der Waals surface area (Å²) in [6.45, 7) is 0.686. The van der Waals surface area contributed by atoms with E-state index in [1.165, 1.54) is 23.5 Å². The lowest BCUT2D eigenvalue weighted by Crippen LogP contribution is -2.25. The minimum Gasteiger partial charge on any atom is -0.364 e. The molecule has 134 valence electrons. The molecule has 3 aromatic rings. The molecule has 1 aliphatic heterocycles. The molecule has 0 bridgehead atoms. The molecule has 3 N–H and O–H groups in total. The van der Waals surface area contributed by atoms with Crippen LogP contribution in [0.4, 0.5) is 10.2 Å². The lowest BCUT2D eigenvalue weighted by Gasteiger charge is -2.23. The maximum atomic E-state index is 13.2. The van der Waals surface area contributed by atoms with E-state index in [-0.39, 0.29) is 17.1 Å². The second-order valence-corrected chi connectivity index (χ2v) is 7.92. The van der Waals surface area contributed by atoms with Crippen LogP contribution >= 0.6 is 23.1 Å². The zero-order chi connectivity index (χ0) is 18.1. The molecule has 1 atom stereocenters. The standard InChI is InChI=1S/C17H15FN4O2S2/c18-10-4-2-9(3-5-10)12-8-11-14(26-12)13(15(19)23)21-22-16(11)20-17-24-6-1-7-25-17/h2-5,8,17H,1,6-7H2,(H2,19,23)(H,20,22). The maximum Gasteiger partial charge on any atom is 0.270 e. The Kier molecular flexibility index (Phi) is 4.75. The number of primary amides is 1. The highest BCUT2D eigenvalue weighted by Crippen LogP contribution is 2.38. The molecule has 1 aliphatic rings. The number of thiophene rings is 1. The van der Waals surface area contributed by atoms with Gasteiger partial charge in [0.2, 0.25) is 0 Å². The van der Waals surface area contributed by atoms with E-state index in [9.17, 15) is 9.18 Å². The number of fused-ring (bicyclic) bond motifs is 1. The molecule has 0 spiro atoms. The van der Waals surface area contributed by atoms with Gasteiger partial charge in [0.15, 0.2) is 17.1 Å². The number of hydrogen-bond donors (Lipinski definition) is 2. The molecule has 0 saturated carbocycles. The van der Waals surface area contributed by atoms with Crippen molar-refractivity contribution in [2.24, 2.45) is 5.73 Å². The molecule has 0 aliphatic carbocycles. The molecule has 4 rings (SSSR count). The van der Waals surface area contributed by atoms with Gasteiger partial charge in [-0.25, -0.2) is 4.39 Å². The highest BCUT2D eigenvalue weighted by molar-refractivity contribution is 7.99. The first-order valence-electron chi connectivity index (χ1n) is 7.97. The Hall–Kier alpha value is -2.23. The van der Waals surface area contributed by atoms with Crippen molar-refractivity contribution in [1.29, 1.82) is 0 Å². The number of nitrogens with two attached hydrogens (primary N) is 1. The molecule has 1 amide bonds. The number of amides is 1. The fourth-order valence-corrected chi connectivity index (χ4v) is 4.69. The van der Waals surface area contributed by atoms with E-state index >= 15 is 0 Å². The van der Waals surface area contributed by atoms with Crippen LogP contribution < -0.4 is 11.1 Å². The third kappa shape index (κ3) is 3.37. The van der Waals surface area contributed by atoms with E-state index in [0.717, 1.165) is 28.0 Å². The van der Waals surface area contributed by atoms with Crippen LogP contribution in [0.25, 0.3) is 20.5 Å². The van der Waals surface area contributed by atoms with Crippen molar-refractivity contribution in [3.8, 4) is 10.4 Å². The van der Waals surface area contributed by atoms with Gasteiger partial charge in [0.05, 0.1) is 11.3 Å². The van der Waals surface area contributed by atoms with Gasteiger partial charge in [-0.2, -0.15) is 0 Å². The largest absolute Gasteiger partial charge is 0.364 e. The molecule has 0 radical (unpaired) electrons. The van der Waals surface area contributed by atoms with Gasteiger partial charge < -0.3 is 15.8 Å². The number of anilines is 1. The van der Waals surface area contributed by atoms with E-state index in [1.54, 1.807) is 23.9 Å². The third-order valence-corrected chi connectivity index (χ3v) is 6.17. The summed E-state index contributed by atoms with van der Waals surface area (Å²) in [5.74, 6) is 0.599. The fraction of sp³-hybridized carbons (Fsp3) is 0.235. The highest BCUT2D eigenvalue weighted by atomic mass is 32.2. The Labute approximate surface area is 156 Å². The average molecular weight is 390 g/mol. The topological polar surface area (TPSA) is 90.1 Å². The van der Waals surface area contributed by atoms with Gasteiger partial charge in [0.1, 0.15) is 5.82 Å². The highest BCUT2D eigenvalue weighted by Gasteiger charge is 2.21. The Morgan fingerprint density at radius 3 is 2.81 bits per heavy atom. The second-order valence-electron chi connectivity index (χ2n) is 5.69. The molecule has 9 heteroatoms. The number of nitrogens with one attached hydrogen (secondary N) is 1. The Morgan fingerprint density at radius 1 is 1.31 bits per heavy atom. The number of carbonyl (C=O) groups is 1. The smallest absolute Gasteiger partial charge is 0.270 e. The lowest BCUT2D eigenvalue weighted by molar-refractivity contribution is 0.0996. The van der Waals surface area contributed by atoms with Gasteiger partial charge in [-0.1, -0.05) is 12.1 Å². The van der Waals surface area contributed by atoms with Crippen LogP contribution in [0.5, 0.6) is 0 Å². The Morgan fingerprint density at radius 2 is 2.12 bits per heavy atom. The van der Waals surface area contributed by atoms with E-state index in [2.05, 4.69) is 15.5 Å². The summed E-state index contributed by atoms with van der Waals surface area (Å²) < 4.78 is 19.5. The Bertz CT molecular complexity index is 955. The molecular formula is C17H15FN4O2S2. The first-order valence-corrected chi connectivity index (χ1v) is 9.84. The van der Waals surface area contributed by atoms with Crippen LogP contribution in [-0.2, 0) is 4.74 Å². The van der Waals surface area contributed by atoms with Crippen molar-refractivity contribution in [3.05, 3.63) is 41.8 Å². The Balaban J connectivity index is 1.78. The quantitative estimate of drug-likeness (QED) is 0.709. The molecule has 1 aromatic carbocycles. The molecule has 6 nitrogen and oxygen atoms in total. The van der Waals surface area contributed by atoms with Crippen LogP contribution in [-0.4, -0.2) is 34.0 Å². The zero-order valence-corrected chi connectivity index (χ0v) is 15.2. The average Bonchev–Trinajstić information content (AvgIpc) is 3.09. The SMILES string of the molecule is NC(=O)c1nnc(NC2OCCCS2)c2cc(-c3ccc(F)cc3)sc12. The molecular weight excluding hydrogens is 375 g/mol. The number of rotatable bonds is 4. The fourth-order valence-electron chi connectivity index (χ4n) is 2.65. The van der Waals surface area contributed by atoms with Gasteiger partial charge in [-0.15, -0.1) is 33.3 Å². The van der Waals surface area contributed by atoms with Crippen LogP contribution in [0.3, 0.4) is 0 Å². The van der Waals surface area contributed by atoms with Crippen LogP contribution in [0.1, 0.15) is 16.9 Å². The molecule has 26 heavy (non-hydrogen) atoms. The van der Waals surface area contributed by atoms with Crippen LogP contribution in [0.2, 0.25) is 0 Å². The van der Waals surface area contributed by atoms with E-state index in [1.807, 2.05) is 6.07 Å². The first-order chi connectivity index (χ1) is 12.6. The van der Waals surface area contributed by atoms with Crippen molar-refractivity contribution in [2.75, 3.05) is 17.7 Å². The van der Waals surface area contributed by atoms with Crippen molar-refractivity contribution in [2.45, 2.75) is 12.0 Å². The summed E-state index contributed by atoms with van der Waals surface area (Å²) in [5, 5.41) is 12.1. The number of aromatic nitrogens is 2. The molecule has 1 fully saturated rings. The zero-order valence-electron chi connectivity index (χ0n) is 13.6. The monoisotopic (exact) mass is 390 g/mol. The van der Waals surface area contributed by atoms with Crippen molar-refractivity contribution in [1.82, 2.24) is 10.2 Å². The summed E-state index contributed by atoms with van der Waals surface area (Å²) >= 11 is 3.02. The van der Waals surface area contributed by atoms with Gasteiger partial charge in [0, 0.05) is 10.3 Å². The summed E-state index contributed by atoms with van der Waals surface area (Å²) in [6.07, 6.45) is 1.01. The summed E-state index contributed by atoms with van der Waals surface area (Å²) in [4.78, 5) is 12.6. The van der Waals surface area contributed by atoms with E-state index in [0.29, 0.717) is 17.1 Å². The van der Waals surface area contributed by atoms with Gasteiger partial charge in [-0.3, -0.25) is 4.79 Å². The summed E-state index contributed by atoms with van der Waals surface area (Å²) in [6, 6.07) is 8.09. The van der Waals surface area contributed by atoms with E-state index in [4.69, 9.17) is 10.5 Å². The number of benzene rings is 1. The third-order valence-electron chi connectivity index (χ3n) is 3.90. The number of hydrogen-bond acceptors (Lipinski definition) is 7. The number of carbonyl (C=O) groups excluding carboxylic acids is 1. The van der Waals surface area contributed by atoms with Gasteiger partial charge in [-0.05, 0) is 35.9 Å². The van der Waals surface area contributed by atoms with Crippen LogP contribution in [0.15, 0.2) is 30.3 Å². The summed E-state index contributed by atoms with van der Waals surface area (Å²) in [5.41, 5.74) is 6.21. The predicted molar refractivity (Wildman–Crippen MR) is 102 cm³/mol. The molecule has 3 heterocycles. The minimum absolute atomic E-state index is 0.126. The number of ether oxygens (including phenoxy) is 1. The number of thioether (sulfide) groups is 1. The number of nitrogens with zero attached hydrogens (tertiary/aromatic N) is 2. The molecule has 2 aromatic heterocycles. The summed E-state index contributed by atoms with van der Waals surface area (Å²) in [7, 11) is 0. The maximum absolute atomic E-state index is 13.2. The van der Waals surface area contributed by atoms with Gasteiger partial charge >= 0.3 is 0 Å². The van der Waals surface area contributed by atoms with Crippen molar-refractivity contribution >= 4 is 44.9 Å². The first kappa shape index (κ1) is 17.2. The molecule has 1 saturated heterocycles. The number of halogens is 1. The minimum atomic E-state index is -0.634. The molecule has 1 unspecified atom stereocenters. The van der Waals surface area contributed by atoms with Crippen molar-refractivity contribution in [3.63, 3.8) is 0 Å².